The van der Waals surface area contributed by atoms with Crippen LogP contribution in [-0.2, 0) is 16.4 Å². The van der Waals surface area contributed by atoms with Crippen molar-refractivity contribution in [1.82, 2.24) is 9.97 Å². The summed E-state index contributed by atoms with van der Waals surface area (Å²) >= 11 is 0. The van der Waals surface area contributed by atoms with Gasteiger partial charge in [0.15, 0.2) is 9.84 Å². The summed E-state index contributed by atoms with van der Waals surface area (Å²) in [5.41, 5.74) is 2.44. The predicted octanol–water partition coefficient (Wildman–Crippen LogP) is 1.73. The molecule has 0 unspecified atom stereocenters. The van der Waals surface area contributed by atoms with Crippen molar-refractivity contribution in [2.24, 2.45) is 0 Å². The SMILES string of the molecule is Cc1[nH]cnc1CNc1ccccc1S(C)(=O)=O. The van der Waals surface area contributed by atoms with Gasteiger partial charge in [0.1, 0.15) is 0 Å². The lowest BCUT2D eigenvalue weighted by Crippen LogP contribution is -2.06. The first kappa shape index (κ1) is 12.6. The highest BCUT2D eigenvalue weighted by atomic mass is 32.2. The van der Waals surface area contributed by atoms with Gasteiger partial charge in [-0.1, -0.05) is 12.1 Å². The minimum Gasteiger partial charge on any atom is -0.378 e. The molecule has 0 atom stereocenters. The molecule has 0 saturated carbocycles. The Morgan fingerprint density at radius 3 is 2.67 bits per heavy atom. The van der Waals surface area contributed by atoms with E-state index in [1.54, 1.807) is 30.6 Å². The summed E-state index contributed by atoms with van der Waals surface area (Å²) in [5.74, 6) is 0. The van der Waals surface area contributed by atoms with Crippen molar-refractivity contribution in [3.05, 3.63) is 42.0 Å². The molecular formula is C12H15N3O2S. The van der Waals surface area contributed by atoms with E-state index in [1.165, 1.54) is 6.26 Å². The molecule has 1 aromatic heterocycles. The second-order valence-electron chi connectivity index (χ2n) is 4.10. The van der Waals surface area contributed by atoms with Gasteiger partial charge in [0.25, 0.3) is 0 Å². The molecule has 0 aliphatic heterocycles. The van der Waals surface area contributed by atoms with E-state index < -0.39 is 9.84 Å². The first-order valence-electron chi connectivity index (χ1n) is 5.50. The standard InChI is InChI=1S/C12H15N3O2S/c1-9-11(15-8-14-9)7-13-10-5-3-4-6-12(10)18(2,16)17/h3-6,8,13H,7H2,1-2H3,(H,14,15). The number of hydrogen-bond acceptors (Lipinski definition) is 4. The van der Waals surface area contributed by atoms with Crippen LogP contribution in [0.25, 0.3) is 0 Å². The zero-order chi connectivity index (χ0) is 13.2. The molecule has 0 aliphatic carbocycles. The van der Waals surface area contributed by atoms with Gasteiger partial charge >= 0.3 is 0 Å². The highest BCUT2D eigenvalue weighted by molar-refractivity contribution is 7.90. The Hall–Kier alpha value is -1.82. The molecule has 1 aromatic carbocycles. The third kappa shape index (κ3) is 2.70. The minimum atomic E-state index is -3.23. The van der Waals surface area contributed by atoms with Gasteiger partial charge in [-0.25, -0.2) is 13.4 Å². The topological polar surface area (TPSA) is 74.8 Å². The quantitative estimate of drug-likeness (QED) is 0.883. The molecule has 0 bridgehead atoms. The highest BCUT2D eigenvalue weighted by Crippen LogP contribution is 2.21. The van der Waals surface area contributed by atoms with E-state index in [9.17, 15) is 8.42 Å². The van der Waals surface area contributed by atoms with E-state index in [2.05, 4.69) is 15.3 Å². The molecule has 6 heteroatoms. The largest absolute Gasteiger partial charge is 0.378 e. The minimum absolute atomic E-state index is 0.304. The number of benzene rings is 1. The Balaban J connectivity index is 2.23. The summed E-state index contributed by atoms with van der Waals surface area (Å²) in [6.45, 7) is 2.41. The van der Waals surface area contributed by atoms with Crippen LogP contribution >= 0.6 is 0 Å². The Kier molecular flexibility index (Phi) is 3.38. The second-order valence-corrected chi connectivity index (χ2v) is 6.08. The number of aryl methyl sites for hydroxylation is 1. The average molecular weight is 265 g/mol. The fourth-order valence-corrected chi connectivity index (χ4v) is 2.55. The van der Waals surface area contributed by atoms with Crippen LogP contribution < -0.4 is 5.32 Å². The summed E-state index contributed by atoms with van der Waals surface area (Å²) in [5, 5.41) is 3.10. The number of anilines is 1. The molecule has 0 fully saturated rings. The Morgan fingerprint density at radius 1 is 1.33 bits per heavy atom. The van der Waals surface area contributed by atoms with Crippen molar-refractivity contribution in [2.75, 3.05) is 11.6 Å². The molecule has 1 heterocycles. The third-order valence-corrected chi connectivity index (χ3v) is 3.82. The number of nitrogens with one attached hydrogen (secondary N) is 2. The summed E-state index contributed by atoms with van der Waals surface area (Å²) < 4.78 is 23.2. The van der Waals surface area contributed by atoms with Gasteiger partial charge in [-0.2, -0.15) is 0 Å². The zero-order valence-corrected chi connectivity index (χ0v) is 11.1. The number of para-hydroxylation sites is 1. The number of imidazole rings is 1. The first-order valence-corrected chi connectivity index (χ1v) is 7.39. The number of sulfone groups is 1. The first-order chi connectivity index (χ1) is 8.48. The van der Waals surface area contributed by atoms with Crippen LogP contribution in [0, 0.1) is 6.92 Å². The van der Waals surface area contributed by atoms with Crippen LogP contribution in [0.2, 0.25) is 0 Å². The van der Waals surface area contributed by atoms with Gasteiger partial charge in [0.2, 0.25) is 0 Å². The van der Waals surface area contributed by atoms with Gasteiger partial charge in [-0.15, -0.1) is 0 Å². The Labute approximate surface area is 106 Å². The number of aromatic nitrogens is 2. The molecule has 0 amide bonds. The maximum absolute atomic E-state index is 11.6. The van der Waals surface area contributed by atoms with Crippen LogP contribution in [0.4, 0.5) is 5.69 Å². The lowest BCUT2D eigenvalue weighted by atomic mass is 10.3. The van der Waals surface area contributed by atoms with E-state index >= 15 is 0 Å². The van der Waals surface area contributed by atoms with Crippen LogP contribution in [0.3, 0.4) is 0 Å². The van der Waals surface area contributed by atoms with Crippen LogP contribution in [0.5, 0.6) is 0 Å². The average Bonchev–Trinajstić information content (AvgIpc) is 2.71. The highest BCUT2D eigenvalue weighted by Gasteiger charge is 2.12. The van der Waals surface area contributed by atoms with Gasteiger partial charge in [-0.3, -0.25) is 0 Å². The van der Waals surface area contributed by atoms with E-state index in [1.807, 2.05) is 6.92 Å². The molecule has 0 radical (unpaired) electrons. The van der Waals surface area contributed by atoms with Crippen LogP contribution in [-0.4, -0.2) is 24.6 Å². The van der Waals surface area contributed by atoms with Gasteiger partial charge in [0, 0.05) is 11.9 Å². The zero-order valence-electron chi connectivity index (χ0n) is 10.3. The molecule has 96 valence electrons. The predicted molar refractivity (Wildman–Crippen MR) is 70.2 cm³/mol. The Morgan fingerprint density at radius 2 is 2.06 bits per heavy atom. The smallest absolute Gasteiger partial charge is 0.177 e. The van der Waals surface area contributed by atoms with Crippen LogP contribution in [0.15, 0.2) is 35.5 Å². The van der Waals surface area contributed by atoms with E-state index in [0.29, 0.717) is 17.1 Å². The van der Waals surface area contributed by atoms with Crippen molar-refractivity contribution >= 4 is 15.5 Å². The van der Waals surface area contributed by atoms with E-state index in [4.69, 9.17) is 0 Å². The molecule has 0 aliphatic rings. The fraction of sp³-hybridized carbons (Fsp3) is 0.250. The molecule has 2 N–H and O–H groups in total. The van der Waals surface area contributed by atoms with Crippen molar-refractivity contribution in [2.45, 2.75) is 18.4 Å². The number of H-pyrrole nitrogens is 1. The molecule has 2 rings (SSSR count). The van der Waals surface area contributed by atoms with Crippen molar-refractivity contribution in [3.8, 4) is 0 Å². The monoisotopic (exact) mass is 265 g/mol. The van der Waals surface area contributed by atoms with Gasteiger partial charge in [0.05, 0.1) is 29.1 Å². The van der Waals surface area contributed by atoms with Crippen molar-refractivity contribution < 1.29 is 8.42 Å². The van der Waals surface area contributed by atoms with Gasteiger partial charge < -0.3 is 10.3 Å². The summed E-state index contributed by atoms with van der Waals surface area (Å²) in [6.07, 6.45) is 2.82. The van der Waals surface area contributed by atoms with E-state index in [0.717, 1.165) is 11.4 Å². The number of rotatable bonds is 4. The van der Waals surface area contributed by atoms with Crippen molar-refractivity contribution in [3.63, 3.8) is 0 Å². The van der Waals surface area contributed by atoms with E-state index in [-0.39, 0.29) is 0 Å². The molecule has 5 nitrogen and oxygen atoms in total. The number of nitrogens with zero attached hydrogens (tertiary/aromatic N) is 1. The summed E-state index contributed by atoms with van der Waals surface area (Å²) in [7, 11) is -3.23. The molecule has 0 saturated heterocycles. The molecular weight excluding hydrogens is 250 g/mol. The fourth-order valence-electron chi connectivity index (χ4n) is 1.68. The maximum atomic E-state index is 11.6. The third-order valence-electron chi connectivity index (χ3n) is 2.67. The van der Waals surface area contributed by atoms with Crippen LogP contribution in [0.1, 0.15) is 11.4 Å². The number of aromatic amines is 1. The molecule has 0 spiro atoms. The maximum Gasteiger partial charge on any atom is 0.177 e. The molecule has 18 heavy (non-hydrogen) atoms. The van der Waals surface area contributed by atoms with Gasteiger partial charge in [-0.05, 0) is 19.1 Å². The second kappa shape index (κ2) is 4.81. The lowest BCUT2D eigenvalue weighted by Gasteiger charge is -2.09. The van der Waals surface area contributed by atoms with Crippen molar-refractivity contribution in [1.29, 1.82) is 0 Å². The Bertz CT molecular complexity index is 647. The summed E-state index contributed by atoms with van der Waals surface area (Å²) in [4.78, 5) is 7.44. The normalized spacial score (nSPS) is 11.4. The molecule has 2 aromatic rings. The number of hydrogen-bond donors (Lipinski definition) is 2. The summed E-state index contributed by atoms with van der Waals surface area (Å²) in [6, 6.07) is 6.85. The lowest BCUT2D eigenvalue weighted by molar-refractivity contribution is 0.602.